The van der Waals surface area contributed by atoms with E-state index in [1.807, 2.05) is 0 Å². The quantitative estimate of drug-likeness (QED) is 0.107. The molecule has 260 valence electrons. The number of fused-ring (bicyclic) bond motifs is 2. The van der Waals surface area contributed by atoms with Crippen molar-refractivity contribution in [3.63, 3.8) is 0 Å². The van der Waals surface area contributed by atoms with E-state index in [1.165, 1.54) is 6.26 Å². The van der Waals surface area contributed by atoms with Gasteiger partial charge in [0, 0.05) is 68.5 Å². The lowest BCUT2D eigenvalue weighted by Gasteiger charge is -2.13. The van der Waals surface area contributed by atoms with Gasteiger partial charge in [0.1, 0.15) is 28.4 Å². The molecule has 0 aliphatic heterocycles. The molecule has 0 aliphatic rings. The van der Waals surface area contributed by atoms with Crippen molar-refractivity contribution in [3.05, 3.63) is 122 Å². The maximum atomic E-state index is 14.0. The summed E-state index contributed by atoms with van der Waals surface area (Å²) in [6.45, 7) is 3.34. The summed E-state index contributed by atoms with van der Waals surface area (Å²) in [7, 11) is -3.96. The van der Waals surface area contributed by atoms with E-state index >= 15 is 0 Å². The zero-order valence-electron chi connectivity index (χ0n) is 26.6. The summed E-state index contributed by atoms with van der Waals surface area (Å²) in [4.78, 5) is 9.29. The highest BCUT2D eigenvalue weighted by Gasteiger charge is 2.19. The van der Waals surface area contributed by atoms with E-state index in [4.69, 9.17) is 44.9 Å². The van der Waals surface area contributed by atoms with Crippen molar-refractivity contribution in [3.8, 4) is 11.3 Å². The summed E-state index contributed by atoms with van der Waals surface area (Å²) < 4.78 is 76.8. The van der Waals surface area contributed by atoms with Crippen molar-refractivity contribution < 1.29 is 36.0 Å². The van der Waals surface area contributed by atoms with Crippen LogP contribution < -0.4 is 5.46 Å². The van der Waals surface area contributed by atoms with Gasteiger partial charge in [-0.15, -0.1) is 0 Å². The van der Waals surface area contributed by atoms with Crippen LogP contribution in [-0.2, 0) is 21.6 Å². The first-order valence-corrected chi connectivity index (χ1v) is 18.5. The molecule has 4 aromatic carbocycles. The van der Waals surface area contributed by atoms with E-state index in [9.17, 15) is 26.0 Å². The zero-order chi connectivity index (χ0) is 37.0. The molecule has 6 nitrogen and oxygen atoms in total. The van der Waals surface area contributed by atoms with Crippen LogP contribution in [-0.4, -0.2) is 48.1 Å². The molecule has 2 N–H and O–H groups in total. The number of hydrogen-bond acceptors (Lipinski definition) is 6. The second-order valence-corrected chi connectivity index (χ2v) is 14.4. The van der Waals surface area contributed by atoms with E-state index in [2.05, 4.69) is 9.97 Å². The predicted octanol–water partition coefficient (Wildman–Crippen LogP) is 8.11. The fourth-order valence-corrected chi connectivity index (χ4v) is 7.13. The van der Waals surface area contributed by atoms with Gasteiger partial charge in [-0.05, 0) is 37.0 Å². The first-order valence-electron chi connectivity index (χ1n) is 14.3. The van der Waals surface area contributed by atoms with E-state index in [1.54, 1.807) is 68.6 Å². The standard InChI is InChI=1S/C17H12ClF2NOS.C10H5Cl2F2N.C7H9BO3S/c1-9-16(18)15-12(20)7-10(19)8-13(15)21-17(9)11-5-3-4-6-14(11)23(2)22;1-4-9(11)8-6(14)2-5(13)3-7(8)15-10(4)12;1-12(11)7-5-3-2-4-6(7)8(9)10/h3-8H,1-2H3;2-3H,1H3;2-5,9-10H,1H3. The van der Waals surface area contributed by atoms with Gasteiger partial charge in [-0.25, -0.2) is 27.5 Å². The van der Waals surface area contributed by atoms with Crippen LogP contribution in [0.15, 0.2) is 82.6 Å². The van der Waals surface area contributed by atoms with Crippen molar-refractivity contribution in [2.24, 2.45) is 0 Å². The van der Waals surface area contributed by atoms with Crippen molar-refractivity contribution >= 4 is 90.8 Å². The third-order valence-electron chi connectivity index (χ3n) is 7.24. The lowest BCUT2D eigenvalue weighted by molar-refractivity contribution is 0.425. The first kappa shape index (κ1) is 39.4. The third kappa shape index (κ3) is 8.71. The molecule has 6 rings (SSSR count). The van der Waals surface area contributed by atoms with E-state index in [0.717, 1.165) is 24.3 Å². The second-order valence-electron chi connectivity index (χ2n) is 10.6. The fraction of sp³-hybridized carbons (Fsp3) is 0.118. The maximum Gasteiger partial charge on any atom is 0.489 e. The molecular formula is C34H26BCl3F4N2O4S2. The van der Waals surface area contributed by atoms with Gasteiger partial charge in [0.05, 0.1) is 48.3 Å². The molecule has 2 atom stereocenters. The molecule has 0 spiro atoms. The van der Waals surface area contributed by atoms with Crippen LogP contribution in [0.25, 0.3) is 33.1 Å². The molecule has 16 heteroatoms. The number of pyridine rings is 2. The van der Waals surface area contributed by atoms with Crippen molar-refractivity contribution in [2.75, 3.05) is 12.5 Å². The first-order chi connectivity index (χ1) is 23.5. The number of nitrogens with zero attached hydrogens (tertiary/aromatic N) is 2. The van der Waals surface area contributed by atoms with Gasteiger partial charge in [0.2, 0.25) is 0 Å². The Labute approximate surface area is 305 Å². The van der Waals surface area contributed by atoms with Crippen LogP contribution in [0.2, 0.25) is 15.2 Å². The monoisotopic (exact) mass is 782 g/mol. The Morgan fingerprint density at radius 1 is 0.660 bits per heavy atom. The van der Waals surface area contributed by atoms with E-state index in [0.29, 0.717) is 37.6 Å². The van der Waals surface area contributed by atoms with Gasteiger partial charge in [0.15, 0.2) is 0 Å². The van der Waals surface area contributed by atoms with Gasteiger partial charge >= 0.3 is 7.12 Å². The summed E-state index contributed by atoms with van der Waals surface area (Å²) in [5.74, 6) is -2.91. The van der Waals surface area contributed by atoms with Crippen LogP contribution in [0.3, 0.4) is 0 Å². The van der Waals surface area contributed by atoms with Crippen LogP contribution in [0.5, 0.6) is 0 Å². The molecule has 0 saturated heterocycles. The van der Waals surface area contributed by atoms with Crippen LogP contribution in [0.4, 0.5) is 17.6 Å². The van der Waals surface area contributed by atoms with Gasteiger partial charge in [-0.1, -0.05) is 71.2 Å². The van der Waals surface area contributed by atoms with Crippen molar-refractivity contribution in [1.29, 1.82) is 0 Å². The van der Waals surface area contributed by atoms with Crippen molar-refractivity contribution in [2.45, 2.75) is 23.6 Å². The Bertz CT molecular complexity index is 2300. The van der Waals surface area contributed by atoms with Gasteiger partial charge in [0.25, 0.3) is 0 Å². The minimum atomic E-state index is -1.55. The zero-order valence-corrected chi connectivity index (χ0v) is 30.5. The number of aromatic nitrogens is 2. The molecular weight excluding hydrogens is 758 g/mol. The Morgan fingerprint density at radius 2 is 1.12 bits per heavy atom. The maximum absolute atomic E-state index is 14.0. The Morgan fingerprint density at radius 3 is 1.62 bits per heavy atom. The SMILES string of the molecule is CS(=O)c1ccccc1B(O)O.Cc1c(-c2ccccc2S(C)=O)nc2cc(F)cc(F)c2c1Cl.Cc1c(Cl)nc2cc(F)cc(F)c2c1Cl. The van der Waals surface area contributed by atoms with Gasteiger partial charge < -0.3 is 10.0 Å². The highest BCUT2D eigenvalue weighted by Crippen LogP contribution is 2.36. The minimum absolute atomic E-state index is 0.0874. The molecule has 0 fully saturated rings. The predicted molar refractivity (Wildman–Crippen MR) is 194 cm³/mol. The molecule has 0 saturated carbocycles. The molecule has 2 unspecified atom stereocenters. The highest BCUT2D eigenvalue weighted by molar-refractivity contribution is 7.84. The summed E-state index contributed by atoms with van der Waals surface area (Å²) in [5.41, 5.74) is 2.70. The lowest BCUT2D eigenvalue weighted by atomic mass is 9.80. The minimum Gasteiger partial charge on any atom is -0.423 e. The van der Waals surface area contributed by atoms with E-state index in [-0.39, 0.29) is 37.0 Å². The van der Waals surface area contributed by atoms with E-state index < -0.39 is 52.0 Å². The largest absolute Gasteiger partial charge is 0.489 e. The molecule has 0 bridgehead atoms. The molecule has 0 amide bonds. The number of benzene rings is 4. The van der Waals surface area contributed by atoms with Gasteiger partial charge in [-0.2, -0.15) is 0 Å². The van der Waals surface area contributed by atoms with Crippen LogP contribution >= 0.6 is 34.8 Å². The summed E-state index contributed by atoms with van der Waals surface area (Å²) in [5, 5.41) is 18.4. The van der Waals surface area contributed by atoms with Crippen molar-refractivity contribution in [1.82, 2.24) is 9.97 Å². The van der Waals surface area contributed by atoms with Gasteiger partial charge in [-0.3, -0.25) is 8.42 Å². The Hall–Kier alpha value is -3.43. The summed E-state index contributed by atoms with van der Waals surface area (Å²) in [6.07, 6.45) is 3.07. The smallest absolute Gasteiger partial charge is 0.423 e. The van der Waals surface area contributed by atoms with Crippen LogP contribution in [0, 0.1) is 37.1 Å². The highest BCUT2D eigenvalue weighted by atomic mass is 35.5. The molecule has 6 aromatic rings. The number of hydrogen-bond donors (Lipinski definition) is 2. The molecule has 2 aromatic heterocycles. The molecule has 50 heavy (non-hydrogen) atoms. The molecule has 2 heterocycles. The number of halogens is 7. The third-order valence-corrected chi connectivity index (χ3v) is 10.5. The summed E-state index contributed by atoms with van der Waals surface area (Å²) >= 11 is 18.0. The summed E-state index contributed by atoms with van der Waals surface area (Å²) in [6, 6.07) is 17.4. The second kappa shape index (κ2) is 16.7. The average Bonchev–Trinajstić information content (AvgIpc) is 3.05. The fourth-order valence-electron chi connectivity index (χ4n) is 4.83. The molecule has 0 radical (unpaired) electrons. The molecule has 0 aliphatic carbocycles. The lowest BCUT2D eigenvalue weighted by Crippen LogP contribution is -2.32. The Balaban J connectivity index is 0.000000180. The topological polar surface area (TPSA) is 100 Å². The van der Waals surface area contributed by atoms with Crippen LogP contribution in [0.1, 0.15) is 11.1 Å². The number of rotatable bonds is 4. The Kier molecular flexibility index (Phi) is 13.2. The normalized spacial score (nSPS) is 12.1. The average molecular weight is 784 g/mol.